The van der Waals surface area contributed by atoms with Crippen LogP contribution in [-0.2, 0) is 4.79 Å². The minimum absolute atomic E-state index is 0.145. The van der Waals surface area contributed by atoms with E-state index in [4.69, 9.17) is 0 Å². The SMILES string of the molecule is CN(C)C(=O)NCCC(=O)N1CCCC1. The van der Waals surface area contributed by atoms with Gasteiger partial charge in [-0.2, -0.15) is 0 Å². The second kappa shape index (κ2) is 5.58. The molecule has 3 amide bonds. The Morgan fingerprint density at radius 2 is 1.87 bits per heavy atom. The molecule has 1 aliphatic rings. The molecular weight excluding hydrogens is 194 g/mol. The number of amides is 3. The third-order valence-electron chi connectivity index (χ3n) is 2.48. The number of carbonyl (C=O) groups is 2. The Bertz CT molecular complexity index is 235. The molecule has 86 valence electrons. The first-order chi connectivity index (χ1) is 7.11. The van der Waals surface area contributed by atoms with Crippen LogP contribution in [0.2, 0.25) is 0 Å². The number of carbonyl (C=O) groups excluding carboxylic acids is 2. The number of rotatable bonds is 3. The van der Waals surface area contributed by atoms with Gasteiger partial charge in [0.25, 0.3) is 0 Å². The van der Waals surface area contributed by atoms with E-state index in [0.717, 1.165) is 25.9 Å². The average molecular weight is 213 g/mol. The van der Waals surface area contributed by atoms with E-state index in [0.29, 0.717) is 13.0 Å². The largest absolute Gasteiger partial charge is 0.343 e. The van der Waals surface area contributed by atoms with E-state index in [-0.39, 0.29) is 11.9 Å². The molecular formula is C10H19N3O2. The highest BCUT2D eigenvalue weighted by Gasteiger charge is 2.17. The summed E-state index contributed by atoms with van der Waals surface area (Å²) in [6.45, 7) is 2.17. The van der Waals surface area contributed by atoms with Gasteiger partial charge in [0.2, 0.25) is 5.91 Å². The summed E-state index contributed by atoms with van der Waals surface area (Å²) in [4.78, 5) is 26.0. The molecule has 5 heteroatoms. The maximum absolute atomic E-state index is 11.6. The van der Waals surface area contributed by atoms with E-state index >= 15 is 0 Å². The van der Waals surface area contributed by atoms with Gasteiger partial charge >= 0.3 is 6.03 Å². The Morgan fingerprint density at radius 1 is 1.27 bits per heavy atom. The molecule has 0 atom stereocenters. The van der Waals surface area contributed by atoms with Crippen LogP contribution in [0.5, 0.6) is 0 Å². The first-order valence-corrected chi connectivity index (χ1v) is 5.34. The lowest BCUT2D eigenvalue weighted by atomic mass is 10.3. The van der Waals surface area contributed by atoms with Crippen molar-refractivity contribution in [3.8, 4) is 0 Å². The van der Waals surface area contributed by atoms with Crippen molar-refractivity contribution in [3.63, 3.8) is 0 Å². The zero-order chi connectivity index (χ0) is 11.3. The van der Waals surface area contributed by atoms with E-state index in [9.17, 15) is 9.59 Å². The zero-order valence-electron chi connectivity index (χ0n) is 9.45. The molecule has 0 aliphatic carbocycles. The predicted octanol–water partition coefficient (Wildman–Crippen LogP) is 0.270. The Balaban J connectivity index is 2.14. The van der Waals surface area contributed by atoms with Crippen molar-refractivity contribution in [1.82, 2.24) is 15.1 Å². The normalized spacial score (nSPS) is 15.2. The summed E-state index contributed by atoms with van der Waals surface area (Å²) < 4.78 is 0. The molecule has 1 fully saturated rings. The molecule has 0 aromatic carbocycles. The molecule has 0 spiro atoms. The number of hydrogen-bond acceptors (Lipinski definition) is 2. The third kappa shape index (κ3) is 3.77. The lowest BCUT2D eigenvalue weighted by Crippen LogP contribution is -2.37. The lowest BCUT2D eigenvalue weighted by Gasteiger charge is -2.16. The van der Waals surface area contributed by atoms with Gasteiger partial charge in [0.05, 0.1) is 0 Å². The lowest BCUT2D eigenvalue weighted by molar-refractivity contribution is -0.129. The first-order valence-electron chi connectivity index (χ1n) is 5.34. The van der Waals surface area contributed by atoms with E-state index < -0.39 is 0 Å². The highest BCUT2D eigenvalue weighted by atomic mass is 16.2. The zero-order valence-corrected chi connectivity index (χ0v) is 9.45. The van der Waals surface area contributed by atoms with Crippen molar-refractivity contribution < 1.29 is 9.59 Å². The monoisotopic (exact) mass is 213 g/mol. The summed E-state index contributed by atoms with van der Waals surface area (Å²) in [5, 5.41) is 2.68. The average Bonchev–Trinajstić information content (AvgIpc) is 2.70. The highest BCUT2D eigenvalue weighted by molar-refractivity contribution is 5.78. The fourth-order valence-electron chi connectivity index (χ4n) is 1.56. The molecule has 0 aromatic heterocycles. The third-order valence-corrected chi connectivity index (χ3v) is 2.48. The highest BCUT2D eigenvalue weighted by Crippen LogP contribution is 2.08. The topological polar surface area (TPSA) is 52.7 Å². The summed E-state index contributed by atoms with van der Waals surface area (Å²) in [5.41, 5.74) is 0. The molecule has 1 aliphatic heterocycles. The van der Waals surface area contributed by atoms with Gasteiger partial charge in [-0.25, -0.2) is 4.79 Å². The van der Waals surface area contributed by atoms with E-state index in [2.05, 4.69) is 5.32 Å². The second-order valence-electron chi connectivity index (χ2n) is 3.96. The summed E-state index contributed by atoms with van der Waals surface area (Å²) in [7, 11) is 3.36. The quantitative estimate of drug-likeness (QED) is 0.731. The molecule has 0 saturated carbocycles. The smallest absolute Gasteiger partial charge is 0.316 e. The van der Waals surface area contributed by atoms with Crippen molar-refractivity contribution in [2.45, 2.75) is 19.3 Å². The molecule has 1 rings (SSSR count). The van der Waals surface area contributed by atoms with E-state index in [1.54, 1.807) is 14.1 Å². The molecule has 1 heterocycles. The Labute approximate surface area is 90.4 Å². The molecule has 0 bridgehead atoms. The van der Waals surface area contributed by atoms with E-state index in [1.165, 1.54) is 4.90 Å². The minimum Gasteiger partial charge on any atom is -0.343 e. The van der Waals surface area contributed by atoms with Gasteiger partial charge in [0, 0.05) is 40.2 Å². The van der Waals surface area contributed by atoms with Crippen molar-refractivity contribution in [2.24, 2.45) is 0 Å². The van der Waals surface area contributed by atoms with Crippen LogP contribution in [0.25, 0.3) is 0 Å². The summed E-state index contributed by atoms with van der Waals surface area (Å²) in [5.74, 6) is 0.145. The van der Waals surface area contributed by atoms with Crippen LogP contribution < -0.4 is 5.32 Å². The standard InChI is InChI=1S/C10H19N3O2/c1-12(2)10(15)11-6-5-9(14)13-7-3-4-8-13/h3-8H2,1-2H3,(H,11,15). The van der Waals surface area contributed by atoms with Gasteiger partial charge in [-0.1, -0.05) is 0 Å². The van der Waals surface area contributed by atoms with Gasteiger partial charge < -0.3 is 15.1 Å². The molecule has 1 N–H and O–H groups in total. The minimum atomic E-state index is -0.149. The van der Waals surface area contributed by atoms with Gasteiger partial charge in [-0.3, -0.25) is 4.79 Å². The van der Waals surface area contributed by atoms with Crippen molar-refractivity contribution >= 4 is 11.9 Å². The van der Waals surface area contributed by atoms with Crippen LogP contribution in [0, 0.1) is 0 Å². The Hall–Kier alpha value is -1.26. The fourth-order valence-corrected chi connectivity index (χ4v) is 1.56. The fraction of sp³-hybridized carbons (Fsp3) is 0.800. The molecule has 0 unspecified atom stereocenters. The van der Waals surface area contributed by atoms with Crippen LogP contribution >= 0.6 is 0 Å². The molecule has 0 aromatic rings. The van der Waals surface area contributed by atoms with Crippen LogP contribution in [0.3, 0.4) is 0 Å². The molecule has 5 nitrogen and oxygen atoms in total. The Morgan fingerprint density at radius 3 is 2.40 bits per heavy atom. The van der Waals surface area contributed by atoms with Gasteiger partial charge in [0.15, 0.2) is 0 Å². The maximum Gasteiger partial charge on any atom is 0.316 e. The predicted molar refractivity (Wildman–Crippen MR) is 57.5 cm³/mol. The van der Waals surface area contributed by atoms with Crippen molar-refractivity contribution in [1.29, 1.82) is 0 Å². The second-order valence-corrected chi connectivity index (χ2v) is 3.96. The number of urea groups is 1. The van der Waals surface area contributed by atoms with Gasteiger partial charge in [-0.05, 0) is 12.8 Å². The molecule has 15 heavy (non-hydrogen) atoms. The van der Waals surface area contributed by atoms with Crippen LogP contribution in [0.1, 0.15) is 19.3 Å². The number of nitrogens with zero attached hydrogens (tertiary/aromatic N) is 2. The summed E-state index contributed by atoms with van der Waals surface area (Å²) >= 11 is 0. The molecule has 0 radical (unpaired) electrons. The number of likely N-dealkylation sites (tertiary alicyclic amines) is 1. The van der Waals surface area contributed by atoms with Crippen molar-refractivity contribution in [3.05, 3.63) is 0 Å². The Kier molecular flexibility index (Phi) is 4.39. The van der Waals surface area contributed by atoms with E-state index in [1.807, 2.05) is 4.90 Å². The molecule has 1 saturated heterocycles. The van der Waals surface area contributed by atoms with Gasteiger partial charge in [-0.15, -0.1) is 0 Å². The summed E-state index contributed by atoms with van der Waals surface area (Å²) in [6, 6.07) is -0.149. The van der Waals surface area contributed by atoms with Crippen LogP contribution in [0.4, 0.5) is 4.79 Å². The number of nitrogens with one attached hydrogen (secondary N) is 1. The first kappa shape index (κ1) is 11.8. The van der Waals surface area contributed by atoms with Crippen molar-refractivity contribution in [2.75, 3.05) is 33.7 Å². The maximum atomic E-state index is 11.6. The van der Waals surface area contributed by atoms with Gasteiger partial charge in [0.1, 0.15) is 0 Å². The van der Waals surface area contributed by atoms with Crippen LogP contribution in [0.15, 0.2) is 0 Å². The summed E-state index contributed by atoms with van der Waals surface area (Å²) in [6.07, 6.45) is 2.62. The number of hydrogen-bond donors (Lipinski definition) is 1. The van der Waals surface area contributed by atoms with Crippen LogP contribution in [-0.4, -0.2) is 55.5 Å².